The van der Waals surface area contributed by atoms with Crippen molar-refractivity contribution in [1.29, 1.82) is 0 Å². The average molecular weight is 479 g/mol. The molecule has 0 unspecified atom stereocenters. The molecule has 182 valence electrons. The zero-order valence-electron chi connectivity index (χ0n) is 19.3. The lowest BCUT2D eigenvalue weighted by Gasteiger charge is -2.13. The molecule has 0 aromatic heterocycles. The van der Waals surface area contributed by atoms with Gasteiger partial charge in [0, 0.05) is 16.7 Å². The second-order valence-corrected chi connectivity index (χ2v) is 6.87. The summed E-state index contributed by atoms with van der Waals surface area (Å²) in [7, 11) is 3.57. The summed E-state index contributed by atoms with van der Waals surface area (Å²) in [4.78, 5) is 26.7. The van der Waals surface area contributed by atoms with Crippen LogP contribution in [0.4, 0.5) is 13.2 Å². The van der Waals surface area contributed by atoms with Crippen molar-refractivity contribution in [2.24, 2.45) is 15.5 Å². The van der Waals surface area contributed by atoms with E-state index < -0.39 is 17.9 Å². The minimum absolute atomic E-state index is 0.0437. The van der Waals surface area contributed by atoms with Crippen LogP contribution in [0.25, 0.3) is 0 Å². The molecule has 8 nitrogen and oxygen atoms in total. The Labute approximate surface area is 194 Å². The Balaban J connectivity index is 2.32. The van der Waals surface area contributed by atoms with E-state index in [-0.39, 0.29) is 17.9 Å². The van der Waals surface area contributed by atoms with Gasteiger partial charge in [-0.05, 0) is 31.0 Å². The van der Waals surface area contributed by atoms with Crippen LogP contribution in [0.3, 0.4) is 0 Å². The number of hydrogen-bond donors (Lipinski definition) is 0. The third-order valence-electron chi connectivity index (χ3n) is 4.64. The number of esters is 1. The maximum absolute atomic E-state index is 13.3. The van der Waals surface area contributed by atoms with E-state index in [1.807, 2.05) is 13.0 Å². The first-order valence-electron chi connectivity index (χ1n) is 9.88. The number of aryl methyl sites for hydroxylation is 1. The van der Waals surface area contributed by atoms with Crippen molar-refractivity contribution in [3.63, 3.8) is 0 Å². The van der Waals surface area contributed by atoms with Crippen LogP contribution in [-0.2, 0) is 30.7 Å². The monoisotopic (exact) mass is 479 g/mol. The number of carbonyl (C=O) groups is 1. The molecule has 2 rings (SSSR count). The first-order chi connectivity index (χ1) is 16.1. The van der Waals surface area contributed by atoms with Gasteiger partial charge < -0.3 is 19.2 Å². The van der Waals surface area contributed by atoms with Crippen molar-refractivity contribution in [1.82, 2.24) is 0 Å². The van der Waals surface area contributed by atoms with Crippen molar-refractivity contribution < 1.29 is 37.2 Å². The molecule has 0 aliphatic rings. The van der Waals surface area contributed by atoms with Gasteiger partial charge in [0.1, 0.15) is 20.8 Å². The van der Waals surface area contributed by atoms with Crippen LogP contribution in [-0.4, -0.2) is 50.6 Å². The van der Waals surface area contributed by atoms with E-state index in [1.165, 1.54) is 32.4 Å². The zero-order chi connectivity index (χ0) is 25.3. The normalized spacial score (nSPS) is 12.9. The molecule has 34 heavy (non-hydrogen) atoms. The zero-order valence-corrected chi connectivity index (χ0v) is 19.3. The van der Waals surface area contributed by atoms with Crippen LogP contribution in [0.2, 0.25) is 0 Å². The van der Waals surface area contributed by atoms with Crippen LogP contribution in [0.5, 0.6) is 0 Å². The molecule has 2 aromatic carbocycles. The van der Waals surface area contributed by atoms with Gasteiger partial charge in [0.05, 0.1) is 12.8 Å². The Kier molecular flexibility index (Phi) is 9.17. The van der Waals surface area contributed by atoms with E-state index in [0.717, 1.165) is 12.7 Å². The third kappa shape index (κ3) is 6.56. The lowest BCUT2D eigenvalue weighted by atomic mass is 9.99. The van der Waals surface area contributed by atoms with E-state index in [1.54, 1.807) is 25.1 Å². The molecule has 0 bridgehead atoms. The summed E-state index contributed by atoms with van der Waals surface area (Å²) in [5.74, 6) is -0.691. The minimum Gasteiger partial charge on any atom is -0.464 e. The number of nitrogens with zero attached hydrogens (tertiary/aromatic N) is 3. The molecule has 0 fully saturated rings. The molecule has 0 aliphatic heterocycles. The summed E-state index contributed by atoms with van der Waals surface area (Å²) < 4.78 is 44.6. The summed E-state index contributed by atoms with van der Waals surface area (Å²) in [5.41, 5.74) is 1.18. The van der Waals surface area contributed by atoms with Gasteiger partial charge in [-0.2, -0.15) is 13.2 Å². The van der Waals surface area contributed by atoms with Crippen LogP contribution < -0.4 is 0 Å². The third-order valence-corrected chi connectivity index (χ3v) is 4.64. The molecule has 11 heteroatoms. The average Bonchev–Trinajstić information content (AvgIpc) is 2.80. The van der Waals surface area contributed by atoms with Gasteiger partial charge in [-0.3, -0.25) is 0 Å². The van der Waals surface area contributed by atoms with Gasteiger partial charge in [-0.15, -0.1) is 0 Å². The lowest BCUT2D eigenvalue weighted by Crippen LogP contribution is -2.24. The van der Waals surface area contributed by atoms with E-state index in [2.05, 4.69) is 20.3 Å². The number of halogens is 3. The number of carbonyl (C=O) groups excluding carboxylic acids is 1. The molecule has 0 amide bonds. The number of oxime groups is 3. The fourth-order valence-corrected chi connectivity index (χ4v) is 3.00. The fraction of sp³-hybridized carbons (Fsp3) is 0.304. The number of rotatable bonds is 9. The minimum atomic E-state index is -4.70. The molecular weight excluding hydrogens is 455 g/mol. The van der Waals surface area contributed by atoms with Crippen LogP contribution in [0, 0.1) is 6.92 Å². The maximum atomic E-state index is 13.3. The first-order valence-corrected chi connectivity index (χ1v) is 9.88. The fourth-order valence-electron chi connectivity index (χ4n) is 3.00. The van der Waals surface area contributed by atoms with Crippen molar-refractivity contribution in [3.05, 3.63) is 70.3 Å². The standard InChI is InChI=1S/C23H24F3N3O5/c1-14-8-6-11-18(20(28-32-4)22(30)31-3)19(14)13-34-27-15(2)16-9-7-10-17(12-16)21(29-33-5)23(24,25)26/h6-12H,13H2,1-5H3/b27-15+,28-20+,29-21-. The quantitative estimate of drug-likeness (QED) is 0.303. The highest BCUT2D eigenvalue weighted by molar-refractivity contribution is 6.43. The predicted molar refractivity (Wildman–Crippen MR) is 120 cm³/mol. The van der Waals surface area contributed by atoms with Gasteiger partial charge in [0.25, 0.3) is 0 Å². The highest BCUT2D eigenvalue weighted by atomic mass is 19.4. The molecule has 0 radical (unpaired) electrons. The van der Waals surface area contributed by atoms with Crippen LogP contribution in [0.15, 0.2) is 57.9 Å². The summed E-state index contributed by atoms with van der Waals surface area (Å²) in [6.45, 7) is 3.36. The highest BCUT2D eigenvalue weighted by Gasteiger charge is 2.38. The number of hydrogen-bond acceptors (Lipinski definition) is 8. The van der Waals surface area contributed by atoms with E-state index >= 15 is 0 Å². The first kappa shape index (κ1) is 26.4. The van der Waals surface area contributed by atoms with E-state index in [9.17, 15) is 18.0 Å². The smallest absolute Gasteiger partial charge is 0.437 e. The van der Waals surface area contributed by atoms with Gasteiger partial charge >= 0.3 is 12.1 Å². The van der Waals surface area contributed by atoms with Gasteiger partial charge in [-0.1, -0.05) is 51.9 Å². The Morgan fingerprint density at radius 2 is 1.59 bits per heavy atom. The van der Waals surface area contributed by atoms with E-state index in [0.29, 0.717) is 22.4 Å². The molecule has 0 saturated heterocycles. The Bertz CT molecular complexity index is 1110. The van der Waals surface area contributed by atoms with Gasteiger partial charge in [0.15, 0.2) is 11.4 Å². The Morgan fingerprint density at radius 3 is 2.21 bits per heavy atom. The molecule has 2 aromatic rings. The van der Waals surface area contributed by atoms with E-state index in [4.69, 9.17) is 14.4 Å². The van der Waals surface area contributed by atoms with Crippen molar-refractivity contribution >= 4 is 23.1 Å². The number of benzene rings is 2. The molecule has 0 aliphatic carbocycles. The summed E-state index contributed by atoms with van der Waals surface area (Å²) in [5, 5.41) is 10.9. The maximum Gasteiger partial charge on any atom is 0.437 e. The SMILES string of the molecule is CO/N=C(/c1cccc(/C(C)=N/OCc2c(C)cccc2/C(=N\OC)C(=O)OC)c1)C(F)(F)F. The Morgan fingerprint density at radius 1 is 0.941 bits per heavy atom. The molecular formula is C23H24F3N3O5. The number of alkyl halides is 3. The largest absolute Gasteiger partial charge is 0.464 e. The second-order valence-electron chi connectivity index (χ2n) is 6.87. The summed E-state index contributed by atoms with van der Waals surface area (Å²) >= 11 is 0. The van der Waals surface area contributed by atoms with Crippen molar-refractivity contribution in [2.45, 2.75) is 26.6 Å². The molecule has 0 spiro atoms. The van der Waals surface area contributed by atoms with Gasteiger partial charge in [-0.25, -0.2) is 4.79 Å². The van der Waals surface area contributed by atoms with Gasteiger partial charge in [0.2, 0.25) is 0 Å². The number of ether oxygens (including phenoxy) is 1. The molecule has 0 atom stereocenters. The van der Waals surface area contributed by atoms with Crippen LogP contribution >= 0.6 is 0 Å². The summed E-state index contributed by atoms with van der Waals surface area (Å²) in [6.07, 6.45) is -4.70. The molecule has 0 heterocycles. The summed E-state index contributed by atoms with van der Waals surface area (Å²) in [6, 6.07) is 10.8. The highest BCUT2D eigenvalue weighted by Crippen LogP contribution is 2.24. The topological polar surface area (TPSA) is 91.1 Å². The second kappa shape index (κ2) is 11.8. The lowest BCUT2D eigenvalue weighted by molar-refractivity contribution is -0.132. The predicted octanol–water partition coefficient (Wildman–Crippen LogP) is 4.37. The Hall–Kier alpha value is -3.89. The molecule has 0 saturated carbocycles. The molecule has 0 N–H and O–H groups in total. The van der Waals surface area contributed by atoms with Crippen molar-refractivity contribution in [2.75, 3.05) is 21.3 Å². The number of methoxy groups -OCH3 is 1. The van der Waals surface area contributed by atoms with Crippen LogP contribution in [0.1, 0.15) is 34.7 Å². The van der Waals surface area contributed by atoms with Crippen molar-refractivity contribution in [3.8, 4) is 0 Å².